The van der Waals surface area contributed by atoms with Crippen molar-refractivity contribution in [1.29, 1.82) is 0 Å². The molecule has 2 aromatic carbocycles. The van der Waals surface area contributed by atoms with Crippen molar-refractivity contribution in [2.24, 2.45) is 0 Å². The predicted molar refractivity (Wildman–Crippen MR) is 158 cm³/mol. The lowest BCUT2D eigenvalue weighted by Gasteiger charge is -2.35. The minimum Gasteiger partial charge on any atom is -0.507 e. The zero-order chi connectivity index (χ0) is 28.0. The van der Waals surface area contributed by atoms with Gasteiger partial charge in [0.05, 0.1) is 19.7 Å². The van der Waals surface area contributed by atoms with Crippen LogP contribution in [0.5, 0.6) is 17.2 Å². The van der Waals surface area contributed by atoms with Crippen molar-refractivity contribution in [3.8, 4) is 17.2 Å². The highest BCUT2D eigenvalue weighted by Gasteiger charge is 2.30. The van der Waals surface area contributed by atoms with Crippen LogP contribution in [0.1, 0.15) is 63.0 Å². The van der Waals surface area contributed by atoms with E-state index in [0.717, 1.165) is 11.1 Å². The van der Waals surface area contributed by atoms with Gasteiger partial charge in [-0.3, -0.25) is 4.79 Å². The van der Waals surface area contributed by atoms with Crippen molar-refractivity contribution in [1.82, 2.24) is 14.9 Å². The maximum absolute atomic E-state index is 13.6. The van der Waals surface area contributed by atoms with E-state index in [1.807, 2.05) is 63.5 Å². The first-order valence-electron chi connectivity index (χ1n) is 12.9. The first-order valence-corrected chi connectivity index (χ1v) is 12.9. The van der Waals surface area contributed by atoms with Gasteiger partial charge in [0.1, 0.15) is 11.6 Å². The van der Waals surface area contributed by atoms with E-state index < -0.39 is 0 Å². The third-order valence-electron chi connectivity index (χ3n) is 7.04. The molecule has 0 atom stereocenters. The maximum atomic E-state index is 13.6. The number of hydrogen-bond donors (Lipinski definition) is 2. The molecule has 3 N–H and O–H groups in total. The van der Waals surface area contributed by atoms with E-state index >= 15 is 0 Å². The Balaban J connectivity index is 0.00000420. The molecule has 10 heteroatoms. The Labute approximate surface area is 236 Å². The predicted octanol–water partition coefficient (Wildman–Crippen LogP) is 4.91. The average molecular weight is 558 g/mol. The molecular weight excluding hydrogens is 518 g/mol. The van der Waals surface area contributed by atoms with Crippen LogP contribution in [-0.4, -0.2) is 66.3 Å². The number of methoxy groups -OCH3 is 2. The van der Waals surface area contributed by atoms with Crippen molar-refractivity contribution < 1.29 is 19.4 Å². The van der Waals surface area contributed by atoms with Gasteiger partial charge < -0.3 is 30.1 Å². The number of ether oxygens (including phenoxy) is 2. The number of nitrogen functional groups attached to an aromatic ring is 1. The monoisotopic (exact) mass is 557 g/mol. The Bertz CT molecular complexity index is 1340. The number of carbonyl (C=O) groups is 1. The van der Waals surface area contributed by atoms with E-state index in [0.29, 0.717) is 65.9 Å². The molecule has 1 aromatic heterocycles. The molecule has 3 aromatic rings. The Morgan fingerprint density at radius 2 is 1.38 bits per heavy atom. The fourth-order valence-corrected chi connectivity index (χ4v) is 4.80. The van der Waals surface area contributed by atoms with Crippen LogP contribution in [0.4, 0.5) is 11.8 Å². The number of nitrogens with zero attached hydrogens (tertiary/aromatic N) is 4. The number of halogens is 1. The van der Waals surface area contributed by atoms with E-state index in [1.54, 1.807) is 26.4 Å². The van der Waals surface area contributed by atoms with Crippen LogP contribution in [-0.2, 0) is 10.8 Å². The molecule has 4 rings (SSSR count). The fraction of sp³-hybridized carbons (Fsp3) is 0.483. The summed E-state index contributed by atoms with van der Waals surface area (Å²) in [6.45, 7) is 14.4. The lowest BCUT2D eigenvalue weighted by Crippen LogP contribution is -2.49. The van der Waals surface area contributed by atoms with E-state index in [2.05, 4.69) is 4.98 Å². The summed E-state index contributed by atoms with van der Waals surface area (Å²) < 4.78 is 10.8. The van der Waals surface area contributed by atoms with Crippen LogP contribution in [0.25, 0.3) is 10.9 Å². The number of nitrogens with two attached hydrogens (primary N) is 1. The van der Waals surface area contributed by atoms with Crippen LogP contribution in [0, 0.1) is 0 Å². The van der Waals surface area contributed by atoms with Crippen molar-refractivity contribution in [3.63, 3.8) is 0 Å². The zero-order valence-electron chi connectivity index (χ0n) is 24.1. The number of anilines is 2. The molecule has 1 fully saturated rings. The van der Waals surface area contributed by atoms with Gasteiger partial charge in [-0.05, 0) is 29.0 Å². The number of rotatable bonds is 4. The molecule has 1 aliphatic heterocycles. The number of fused-ring (bicyclic) bond motifs is 1. The minimum absolute atomic E-state index is 0. The van der Waals surface area contributed by atoms with Crippen LogP contribution >= 0.6 is 12.4 Å². The van der Waals surface area contributed by atoms with Gasteiger partial charge in [0, 0.05) is 54.3 Å². The van der Waals surface area contributed by atoms with Crippen LogP contribution in [0.3, 0.4) is 0 Å². The zero-order valence-corrected chi connectivity index (χ0v) is 24.9. The molecule has 0 aliphatic carbocycles. The molecule has 0 unspecified atom stereocenters. The lowest BCUT2D eigenvalue weighted by molar-refractivity contribution is 0.0746. The summed E-state index contributed by atoms with van der Waals surface area (Å²) in [5, 5.41) is 11.7. The second-order valence-corrected chi connectivity index (χ2v) is 11.8. The average Bonchev–Trinajstić information content (AvgIpc) is 2.86. The molecule has 0 bridgehead atoms. The molecule has 39 heavy (non-hydrogen) atoms. The third kappa shape index (κ3) is 5.93. The Kier molecular flexibility index (Phi) is 8.46. The van der Waals surface area contributed by atoms with E-state index in [-0.39, 0.29) is 34.9 Å². The summed E-state index contributed by atoms with van der Waals surface area (Å²) in [6, 6.07) is 7.25. The van der Waals surface area contributed by atoms with Gasteiger partial charge >= 0.3 is 0 Å². The van der Waals surface area contributed by atoms with Crippen molar-refractivity contribution in [3.05, 3.63) is 41.0 Å². The number of phenolic OH excluding ortho intramolecular Hbond substituents is 1. The van der Waals surface area contributed by atoms with Crippen molar-refractivity contribution >= 4 is 41.0 Å². The number of carbonyl (C=O) groups excluding carboxylic acids is 1. The molecule has 1 aliphatic rings. The second kappa shape index (κ2) is 11.0. The Hall–Kier alpha value is -3.46. The van der Waals surface area contributed by atoms with Gasteiger partial charge in [-0.2, -0.15) is 4.98 Å². The van der Waals surface area contributed by atoms with Gasteiger partial charge in [0.2, 0.25) is 5.95 Å². The van der Waals surface area contributed by atoms with E-state index in [4.69, 9.17) is 20.2 Å². The molecule has 1 amide bonds. The molecule has 2 heterocycles. The quantitative estimate of drug-likeness (QED) is 0.465. The fourth-order valence-electron chi connectivity index (χ4n) is 4.80. The second-order valence-electron chi connectivity index (χ2n) is 11.8. The number of benzene rings is 2. The van der Waals surface area contributed by atoms with Crippen molar-refractivity contribution in [2.75, 3.05) is 51.0 Å². The standard InChI is InChI=1S/C29H39N5O4.ClH/c1-28(2,3)19-13-17(14-20(24(19)35)29(4,5)6)26(36)33-9-11-34(12-10-33)27-31-21-16-23(38-8)22(37-7)15-18(21)25(30)32-27;/h13-16,35H,9-12H2,1-8H3,(H2,30,31,32);1H. The van der Waals surface area contributed by atoms with Crippen molar-refractivity contribution in [2.45, 2.75) is 52.4 Å². The van der Waals surface area contributed by atoms with Crippen LogP contribution in [0.15, 0.2) is 24.3 Å². The third-order valence-corrected chi connectivity index (χ3v) is 7.04. The lowest BCUT2D eigenvalue weighted by atomic mass is 9.78. The number of amides is 1. The number of phenols is 1. The highest BCUT2D eigenvalue weighted by atomic mass is 35.5. The summed E-state index contributed by atoms with van der Waals surface area (Å²) in [5.41, 5.74) is 8.48. The molecule has 1 saturated heterocycles. The van der Waals surface area contributed by atoms with Gasteiger partial charge in [0.15, 0.2) is 11.5 Å². The first kappa shape index (κ1) is 30.1. The molecule has 0 radical (unpaired) electrons. The van der Waals surface area contributed by atoms with E-state index in [9.17, 15) is 9.90 Å². The van der Waals surface area contributed by atoms with E-state index in [1.165, 1.54) is 0 Å². The smallest absolute Gasteiger partial charge is 0.253 e. The Morgan fingerprint density at radius 3 is 1.87 bits per heavy atom. The number of aromatic hydroxyl groups is 1. The normalized spacial score (nSPS) is 14.3. The molecule has 0 saturated carbocycles. The number of hydrogen-bond acceptors (Lipinski definition) is 8. The Morgan fingerprint density at radius 1 is 0.872 bits per heavy atom. The minimum atomic E-state index is -0.306. The molecule has 212 valence electrons. The topological polar surface area (TPSA) is 114 Å². The van der Waals surface area contributed by atoms with Crippen LogP contribution in [0.2, 0.25) is 0 Å². The highest BCUT2D eigenvalue weighted by Crippen LogP contribution is 2.40. The molecular formula is C29H40ClN5O4. The summed E-state index contributed by atoms with van der Waals surface area (Å²) in [4.78, 5) is 26.8. The number of aromatic nitrogens is 2. The largest absolute Gasteiger partial charge is 0.507 e. The van der Waals surface area contributed by atoms with Crippen LogP contribution < -0.4 is 20.1 Å². The van der Waals surface area contributed by atoms with Gasteiger partial charge in [0.25, 0.3) is 5.91 Å². The summed E-state index contributed by atoms with van der Waals surface area (Å²) in [5.74, 6) is 2.23. The summed E-state index contributed by atoms with van der Waals surface area (Å²) >= 11 is 0. The first-order chi connectivity index (χ1) is 17.7. The van der Waals surface area contributed by atoms with Gasteiger partial charge in [-0.1, -0.05) is 41.5 Å². The van der Waals surface area contributed by atoms with Gasteiger partial charge in [-0.15, -0.1) is 12.4 Å². The summed E-state index contributed by atoms with van der Waals surface area (Å²) in [7, 11) is 3.15. The SMILES string of the molecule is COc1cc2nc(N3CCN(C(=O)c4cc(C(C)(C)C)c(O)c(C(C)(C)C)c4)CC3)nc(N)c2cc1OC.Cl. The maximum Gasteiger partial charge on any atom is 0.253 e. The number of piperazine rings is 1. The van der Waals surface area contributed by atoms with Gasteiger partial charge in [-0.25, -0.2) is 4.98 Å². The molecule has 0 spiro atoms. The highest BCUT2D eigenvalue weighted by molar-refractivity contribution is 5.95. The molecule has 9 nitrogen and oxygen atoms in total. The summed E-state index contributed by atoms with van der Waals surface area (Å²) in [6.07, 6.45) is 0.